The fraction of sp³-hybridized carbons (Fsp3) is 0.0500. The molecule has 2 aromatic carbocycles. The number of anilines is 1. The van der Waals surface area contributed by atoms with Gasteiger partial charge in [-0.1, -0.05) is 48.5 Å². The quantitative estimate of drug-likeness (QED) is 0.427. The Balaban J connectivity index is 1.79. The van der Waals surface area contributed by atoms with Crippen molar-refractivity contribution in [3.05, 3.63) is 94.7 Å². The van der Waals surface area contributed by atoms with E-state index in [-0.39, 0.29) is 5.69 Å². The Morgan fingerprint density at radius 1 is 1.00 bits per heavy atom. The van der Waals surface area contributed by atoms with Crippen molar-refractivity contribution in [3.8, 4) is 11.3 Å². The Hall–Kier alpha value is -3.67. The third kappa shape index (κ3) is 3.00. The summed E-state index contributed by atoms with van der Waals surface area (Å²) in [5.41, 5.74) is 3.37. The molecule has 2 heterocycles. The van der Waals surface area contributed by atoms with Crippen LogP contribution < -0.4 is 5.32 Å². The minimum atomic E-state index is -0.392. The van der Waals surface area contributed by atoms with Crippen LogP contribution >= 0.6 is 0 Å². The third-order valence-electron chi connectivity index (χ3n) is 4.16. The van der Waals surface area contributed by atoms with Crippen LogP contribution in [0.3, 0.4) is 0 Å². The summed E-state index contributed by atoms with van der Waals surface area (Å²) in [6.07, 6.45) is 1.93. The van der Waals surface area contributed by atoms with Crippen molar-refractivity contribution >= 4 is 17.2 Å². The predicted molar refractivity (Wildman–Crippen MR) is 101 cm³/mol. The van der Waals surface area contributed by atoms with Gasteiger partial charge in [-0.3, -0.25) is 14.5 Å². The summed E-state index contributed by atoms with van der Waals surface area (Å²) < 4.78 is 1.96. The molecule has 0 atom stereocenters. The standard InChI is InChI=1S/C20H16N4O2/c25-24(26)17-10-6-9-16(13-17)19-20(21-14-15-7-2-1-3-8-15)23-12-5-4-11-18(23)22-19/h1-13,21H,14H2. The molecular formula is C20H16N4O2. The van der Waals surface area contributed by atoms with E-state index >= 15 is 0 Å². The highest BCUT2D eigenvalue weighted by atomic mass is 16.6. The van der Waals surface area contributed by atoms with E-state index in [0.717, 1.165) is 17.0 Å². The molecule has 0 amide bonds. The average Bonchev–Trinajstić information content (AvgIpc) is 3.06. The summed E-state index contributed by atoms with van der Waals surface area (Å²) in [5, 5.41) is 14.5. The molecule has 0 aliphatic carbocycles. The van der Waals surface area contributed by atoms with Crippen LogP contribution in [0.5, 0.6) is 0 Å². The molecule has 0 unspecified atom stereocenters. The van der Waals surface area contributed by atoms with Gasteiger partial charge in [0.25, 0.3) is 5.69 Å². The van der Waals surface area contributed by atoms with Crippen molar-refractivity contribution < 1.29 is 4.92 Å². The number of nitro groups is 1. The monoisotopic (exact) mass is 344 g/mol. The fourth-order valence-electron chi connectivity index (χ4n) is 2.91. The topological polar surface area (TPSA) is 72.5 Å². The summed E-state index contributed by atoms with van der Waals surface area (Å²) in [7, 11) is 0. The average molecular weight is 344 g/mol. The molecule has 0 bridgehead atoms. The number of nitrogens with zero attached hydrogens (tertiary/aromatic N) is 3. The number of non-ortho nitro benzene ring substituents is 1. The lowest BCUT2D eigenvalue weighted by atomic mass is 10.1. The molecule has 128 valence electrons. The highest BCUT2D eigenvalue weighted by molar-refractivity contribution is 5.77. The number of imidazole rings is 1. The van der Waals surface area contributed by atoms with Crippen molar-refractivity contribution in [2.45, 2.75) is 6.54 Å². The summed E-state index contributed by atoms with van der Waals surface area (Å²) in [6.45, 7) is 0.630. The first-order chi connectivity index (χ1) is 12.7. The summed E-state index contributed by atoms with van der Waals surface area (Å²) in [4.78, 5) is 15.4. The molecule has 0 fully saturated rings. The van der Waals surface area contributed by atoms with Gasteiger partial charge in [-0.15, -0.1) is 0 Å². The first-order valence-electron chi connectivity index (χ1n) is 8.22. The molecule has 1 N–H and O–H groups in total. The van der Waals surface area contributed by atoms with E-state index in [4.69, 9.17) is 0 Å². The maximum Gasteiger partial charge on any atom is 0.270 e. The lowest BCUT2D eigenvalue weighted by Gasteiger charge is -2.09. The minimum Gasteiger partial charge on any atom is -0.365 e. The maximum absolute atomic E-state index is 11.1. The van der Waals surface area contributed by atoms with Crippen LogP contribution in [0, 0.1) is 10.1 Å². The van der Waals surface area contributed by atoms with Crippen molar-refractivity contribution in [1.29, 1.82) is 0 Å². The van der Waals surface area contributed by atoms with Crippen molar-refractivity contribution in [3.63, 3.8) is 0 Å². The molecule has 0 saturated carbocycles. The summed E-state index contributed by atoms with van der Waals surface area (Å²) in [6, 6.07) is 22.4. The van der Waals surface area contributed by atoms with Gasteiger partial charge in [-0.05, 0) is 17.7 Å². The first-order valence-corrected chi connectivity index (χ1v) is 8.22. The van der Waals surface area contributed by atoms with Crippen molar-refractivity contribution in [1.82, 2.24) is 9.38 Å². The minimum absolute atomic E-state index is 0.0496. The van der Waals surface area contributed by atoms with E-state index in [2.05, 4.69) is 10.3 Å². The molecule has 0 aliphatic rings. The number of rotatable bonds is 5. The molecule has 0 spiro atoms. The van der Waals surface area contributed by atoms with Crippen LogP contribution in [0.2, 0.25) is 0 Å². The molecule has 0 radical (unpaired) electrons. The zero-order chi connectivity index (χ0) is 17.9. The molecule has 4 aromatic rings. The smallest absolute Gasteiger partial charge is 0.270 e. The van der Waals surface area contributed by atoms with Crippen LogP contribution in [0.15, 0.2) is 79.0 Å². The maximum atomic E-state index is 11.1. The molecule has 26 heavy (non-hydrogen) atoms. The zero-order valence-electron chi connectivity index (χ0n) is 13.9. The summed E-state index contributed by atoms with van der Waals surface area (Å²) in [5.74, 6) is 0.810. The number of benzene rings is 2. The zero-order valence-corrected chi connectivity index (χ0v) is 13.9. The van der Waals surface area contributed by atoms with E-state index in [0.29, 0.717) is 17.8 Å². The van der Waals surface area contributed by atoms with Gasteiger partial charge in [0, 0.05) is 30.4 Å². The van der Waals surface area contributed by atoms with E-state index in [1.807, 2.05) is 65.2 Å². The number of hydrogen-bond acceptors (Lipinski definition) is 4. The number of nitro benzene ring substituents is 1. The van der Waals surface area contributed by atoms with Gasteiger partial charge < -0.3 is 5.32 Å². The Morgan fingerprint density at radius 3 is 2.62 bits per heavy atom. The van der Waals surface area contributed by atoms with Crippen molar-refractivity contribution in [2.75, 3.05) is 5.32 Å². The molecule has 6 heteroatoms. The SMILES string of the molecule is O=[N+]([O-])c1cccc(-c2nc3ccccn3c2NCc2ccccc2)c1. The number of nitrogens with one attached hydrogen (secondary N) is 1. The second-order valence-electron chi connectivity index (χ2n) is 5.88. The van der Waals surface area contributed by atoms with Crippen LogP contribution in [0.4, 0.5) is 11.5 Å². The van der Waals surface area contributed by atoms with E-state index in [1.165, 1.54) is 6.07 Å². The van der Waals surface area contributed by atoms with Gasteiger partial charge >= 0.3 is 0 Å². The van der Waals surface area contributed by atoms with Gasteiger partial charge in [-0.25, -0.2) is 4.98 Å². The Labute approximate surface area is 149 Å². The second kappa shape index (κ2) is 6.68. The van der Waals surface area contributed by atoms with E-state index < -0.39 is 4.92 Å². The second-order valence-corrected chi connectivity index (χ2v) is 5.88. The van der Waals surface area contributed by atoms with Gasteiger partial charge in [0.1, 0.15) is 17.2 Å². The van der Waals surface area contributed by atoms with Crippen molar-refractivity contribution in [2.24, 2.45) is 0 Å². The van der Waals surface area contributed by atoms with Crippen LogP contribution in [-0.4, -0.2) is 14.3 Å². The lowest BCUT2D eigenvalue weighted by molar-refractivity contribution is -0.384. The third-order valence-corrected chi connectivity index (χ3v) is 4.16. The number of hydrogen-bond donors (Lipinski definition) is 1. The lowest BCUT2D eigenvalue weighted by Crippen LogP contribution is -2.03. The largest absolute Gasteiger partial charge is 0.365 e. The molecular weight excluding hydrogens is 328 g/mol. The number of pyridine rings is 1. The highest BCUT2D eigenvalue weighted by Crippen LogP contribution is 2.31. The van der Waals surface area contributed by atoms with Gasteiger partial charge in [0.05, 0.1) is 4.92 Å². The highest BCUT2D eigenvalue weighted by Gasteiger charge is 2.16. The van der Waals surface area contributed by atoms with Gasteiger partial charge in [-0.2, -0.15) is 0 Å². The van der Waals surface area contributed by atoms with Crippen LogP contribution in [0.1, 0.15) is 5.56 Å². The molecule has 2 aromatic heterocycles. The molecule has 0 aliphatic heterocycles. The Bertz CT molecular complexity index is 1070. The number of aromatic nitrogens is 2. The molecule has 4 rings (SSSR count). The number of fused-ring (bicyclic) bond motifs is 1. The summed E-state index contributed by atoms with van der Waals surface area (Å²) >= 11 is 0. The fourth-order valence-corrected chi connectivity index (χ4v) is 2.91. The predicted octanol–water partition coefficient (Wildman–Crippen LogP) is 4.52. The Morgan fingerprint density at radius 2 is 1.81 bits per heavy atom. The molecule has 6 nitrogen and oxygen atoms in total. The van der Waals surface area contributed by atoms with Gasteiger partial charge in [0.2, 0.25) is 0 Å². The normalized spacial score (nSPS) is 10.8. The van der Waals surface area contributed by atoms with E-state index in [1.54, 1.807) is 12.1 Å². The van der Waals surface area contributed by atoms with E-state index in [9.17, 15) is 10.1 Å². The first kappa shape index (κ1) is 15.8. The van der Waals surface area contributed by atoms with Gasteiger partial charge in [0.15, 0.2) is 0 Å². The van der Waals surface area contributed by atoms with Crippen LogP contribution in [0.25, 0.3) is 16.9 Å². The van der Waals surface area contributed by atoms with Crippen LogP contribution in [-0.2, 0) is 6.54 Å². The molecule has 0 saturated heterocycles. The Kier molecular flexibility index (Phi) is 4.07.